The van der Waals surface area contributed by atoms with Gasteiger partial charge in [-0.2, -0.15) is 0 Å². The second-order valence-corrected chi connectivity index (χ2v) is 22.3. The van der Waals surface area contributed by atoms with E-state index in [1.165, 1.54) is 0 Å². The first-order chi connectivity index (χ1) is 9.68. The van der Waals surface area contributed by atoms with E-state index in [0.29, 0.717) is 6.61 Å². The van der Waals surface area contributed by atoms with Crippen molar-refractivity contribution in [3.8, 4) is 0 Å². The maximum absolute atomic E-state index is 10.3. The molecule has 0 spiro atoms. The summed E-state index contributed by atoms with van der Waals surface area (Å²) >= 11 is 0. The van der Waals surface area contributed by atoms with Gasteiger partial charge in [0.05, 0.1) is 12.7 Å². The van der Waals surface area contributed by atoms with Crippen LogP contribution in [0.4, 0.5) is 0 Å². The van der Waals surface area contributed by atoms with Gasteiger partial charge in [0, 0.05) is 0 Å². The molecule has 1 aliphatic rings. The molecule has 0 bridgehead atoms. The first-order valence-electron chi connectivity index (χ1n) is 8.01. The second kappa shape index (κ2) is 7.14. The molecule has 0 radical (unpaired) electrons. The van der Waals surface area contributed by atoms with E-state index in [-0.39, 0.29) is 12.2 Å². The Labute approximate surface area is 138 Å². The van der Waals surface area contributed by atoms with Crippen molar-refractivity contribution in [2.45, 2.75) is 83.5 Å². The SMILES string of the molecule is C[Si](C)(C)O[C@@H]1[C@H](O[Si](C)(C)C)[C@@H](O[Si](C)(C)C)CO[C@@H]1O. The Morgan fingerprint density at radius 1 is 0.727 bits per heavy atom. The topological polar surface area (TPSA) is 57.2 Å². The molecule has 0 aromatic carbocycles. The lowest BCUT2D eigenvalue weighted by molar-refractivity contribution is -0.240. The zero-order valence-corrected chi connectivity index (χ0v) is 18.6. The summed E-state index contributed by atoms with van der Waals surface area (Å²) in [5.74, 6) is 0. The average Bonchev–Trinajstić information content (AvgIpc) is 2.22. The highest BCUT2D eigenvalue weighted by atomic mass is 28.4. The molecule has 0 aliphatic carbocycles. The van der Waals surface area contributed by atoms with E-state index in [1.54, 1.807) is 0 Å². The third-order valence-electron chi connectivity index (χ3n) is 2.89. The summed E-state index contributed by atoms with van der Waals surface area (Å²) in [6.07, 6.45) is -1.87. The highest BCUT2D eigenvalue weighted by molar-refractivity contribution is 6.70. The first-order valence-corrected chi connectivity index (χ1v) is 18.2. The van der Waals surface area contributed by atoms with E-state index in [1.807, 2.05) is 0 Å². The van der Waals surface area contributed by atoms with Crippen LogP contribution in [0.15, 0.2) is 0 Å². The molecule has 8 heteroatoms. The summed E-state index contributed by atoms with van der Waals surface area (Å²) in [7, 11) is -5.39. The summed E-state index contributed by atoms with van der Waals surface area (Å²) in [5, 5.41) is 10.3. The van der Waals surface area contributed by atoms with Crippen molar-refractivity contribution in [2.75, 3.05) is 6.61 Å². The standard InChI is InChI=1S/C14H34O5Si3/c1-20(2,3)17-11-10-16-14(15)13(19-22(7,8)9)12(11)18-21(4,5)6/h11-15H,10H2,1-9H3/t11-,12+,13+,14-/m0/s1. The smallest absolute Gasteiger partial charge is 0.184 e. The molecular formula is C14H34O5Si3. The van der Waals surface area contributed by atoms with Crippen LogP contribution in [-0.2, 0) is 18.0 Å². The number of aliphatic hydroxyl groups excluding tert-OH is 1. The van der Waals surface area contributed by atoms with Crippen LogP contribution < -0.4 is 0 Å². The van der Waals surface area contributed by atoms with Crippen LogP contribution in [0.25, 0.3) is 0 Å². The van der Waals surface area contributed by atoms with Gasteiger partial charge in [-0.05, 0) is 58.9 Å². The summed E-state index contributed by atoms with van der Waals surface area (Å²) in [4.78, 5) is 0. The molecule has 1 N–H and O–H groups in total. The maximum atomic E-state index is 10.3. The molecule has 1 aliphatic heterocycles. The van der Waals surface area contributed by atoms with Crippen LogP contribution in [0.5, 0.6) is 0 Å². The van der Waals surface area contributed by atoms with Crippen molar-refractivity contribution in [3.63, 3.8) is 0 Å². The minimum atomic E-state index is -1.84. The Hall–Kier alpha value is 0.451. The molecule has 0 amide bonds. The molecule has 0 saturated carbocycles. The van der Waals surface area contributed by atoms with Gasteiger partial charge in [0.1, 0.15) is 12.2 Å². The van der Waals surface area contributed by atoms with Gasteiger partial charge in [0.2, 0.25) is 0 Å². The third-order valence-corrected chi connectivity index (χ3v) is 5.86. The lowest BCUT2D eigenvalue weighted by Gasteiger charge is -2.46. The molecule has 132 valence electrons. The Morgan fingerprint density at radius 2 is 1.14 bits per heavy atom. The fraction of sp³-hybridized carbons (Fsp3) is 1.00. The predicted molar refractivity (Wildman–Crippen MR) is 96.6 cm³/mol. The minimum Gasteiger partial charge on any atom is -0.410 e. The Bertz CT molecular complexity index is 359. The van der Waals surface area contributed by atoms with Crippen molar-refractivity contribution in [2.24, 2.45) is 0 Å². The molecule has 1 fully saturated rings. The molecule has 1 saturated heterocycles. The van der Waals surface area contributed by atoms with Crippen molar-refractivity contribution in [1.29, 1.82) is 0 Å². The Kier molecular flexibility index (Phi) is 6.65. The number of hydrogen-bond acceptors (Lipinski definition) is 5. The van der Waals surface area contributed by atoms with Gasteiger partial charge in [-0.15, -0.1) is 0 Å². The molecule has 0 unspecified atom stereocenters. The van der Waals surface area contributed by atoms with Crippen LogP contribution in [0.1, 0.15) is 0 Å². The largest absolute Gasteiger partial charge is 0.410 e. The number of aliphatic hydroxyl groups is 1. The summed E-state index contributed by atoms with van der Waals surface area (Å²) in [6, 6.07) is 0. The Morgan fingerprint density at radius 3 is 1.55 bits per heavy atom. The summed E-state index contributed by atoms with van der Waals surface area (Å²) in [6.45, 7) is 19.6. The molecular weight excluding hydrogens is 332 g/mol. The van der Waals surface area contributed by atoms with E-state index in [4.69, 9.17) is 18.0 Å². The number of rotatable bonds is 6. The predicted octanol–water partition coefficient (Wildman–Crippen LogP) is 3.00. The lowest BCUT2D eigenvalue weighted by Crippen LogP contribution is -2.61. The Balaban J connectivity index is 3.01. The molecule has 1 heterocycles. The van der Waals surface area contributed by atoms with Gasteiger partial charge in [-0.1, -0.05) is 0 Å². The van der Waals surface area contributed by atoms with Gasteiger partial charge < -0.3 is 23.1 Å². The zero-order valence-electron chi connectivity index (χ0n) is 15.6. The average molecular weight is 367 g/mol. The van der Waals surface area contributed by atoms with Crippen LogP contribution in [0.2, 0.25) is 58.9 Å². The molecule has 0 aromatic heterocycles. The van der Waals surface area contributed by atoms with Gasteiger partial charge >= 0.3 is 0 Å². The highest BCUT2D eigenvalue weighted by Gasteiger charge is 2.46. The van der Waals surface area contributed by atoms with Gasteiger partial charge in [-0.3, -0.25) is 0 Å². The van der Waals surface area contributed by atoms with Crippen LogP contribution >= 0.6 is 0 Å². The van der Waals surface area contributed by atoms with Gasteiger partial charge in [-0.25, -0.2) is 0 Å². The minimum absolute atomic E-state index is 0.178. The van der Waals surface area contributed by atoms with Crippen LogP contribution in [0.3, 0.4) is 0 Å². The van der Waals surface area contributed by atoms with Crippen molar-refractivity contribution < 1.29 is 23.1 Å². The zero-order chi connectivity index (χ0) is 17.3. The number of ether oxygens (including phenoxy) is 1. The van der Waals surface area contributed by atoms with E-state index in [2.05, 4.69) is 58.9 Å². The van der Waals surface area contributed by atoms with Gasteiger partial charge in [0.15, 0.2) is 31.2 Å². The van der Waals surface area contributed by atoms with E-state index in [0.717, 1.165) is 0 Å². The molecule has 0 aromatic rings. The second-order valence-electron chi connectivity index (χ2n) is 8.88. The summed E-state index contributed by atoms with van der Waals surface area (Å²) < 4.78 is 24.3. The van der Waals surface area contributed by atoms with Gasteiger partial charge in [0.25, 0.3) is 0 Å². The third kappa shape index (κ3) is 7.35. The van der Waals surface area contributed by atoms with Crippen molar-refractivity contribution in [1.82, 2.24) is 0 Å². The van der Waals surface area contributed by atoms with Crippen molar-refractivity contribution in [3.05, 3.63) is 0 Å². The fourth-order valence-electron chi connectivity index (χ4n) is 2.40. The molecule has 22 heavy (non-hydrogen) atoms. The molecule has 1 rings (SSSR count). The monoisotopic (exact) mass is 366 g/mol. The number of hydrogen-bond donors (Lipinski definition) is 1. The maximum Gasteiger partial charge on any atom is 0.184 e. The summed E-state index contributed by atoms with van der Waals surface area (Å²) in [5.41, 5.74) is 0. The fourth-order valence-corrected chi connectivity index (χ4v) is 5.68. The van der Waals surface area contributed by atoms with E-state index in [9.17, 15) is 5.11 Å². The normalized spacial score (nSPS) is 31.4. The molecule has 5 nitrogen and oxygen atoms in total. The van der Waals surface area contributed by atoms with Crippen molar-refractivity contribution >= 4 is 25.0 Å². The van der Waals surface area contributed by atoms with E-state index >= 15 is 0 Å². The lowest BCUT2D eigenvalue weighted by atomic mass is 10.1. The van der Waals surface area contributed by atoms with Crippen LogP contribution in [-0.4, -0.2) is 61.3 Å². The molecule has 4 atom stereocenters. The highest BCUT2D eigenvalue weighted by Crippen LogP contribution is 2.29. The van der Waals surface area contributed by atoms with Crippen LogP contribution in [0, 0.1) is 0 Å². The quantitative estimate of drug-likeness (QED) is 0.732. The first kappa shape index (κ1) is 20.5. The van der Waals surface area contributed by atoms with E-state index < -0.39 is 37.3 Å².